The van der Waals surface area contributed by atoms with E-state index >= 15 is 0 Å². The fourth-order valence-corrected chi connectivity index (χ4v) is 2.38. The van der Waals surface area contributed by atoms with Crippen LogP contribution in [0.15, 0.2) is 0 Å². The molecule has 0 amide bonds. The maximum absolute atomic E-state index is 4.64. The van der Waals surface area contributed by atoms with Crippen LogP contribution in [0.3, 0.4) is 0 Å². The van der Waals surface area contributed by atoms with Gasteiger partial charge in [0.15, 0.2) is 0 Å². The lowest BCUT2D eigenvalue weighted by molar-refractivity contribution is 0.479. The lowest BCUT2D eigenvalue weighted by Gasteiger charge is -2.30. The Hall–Kier alpha value is -1.10. The van der Waals surface area contributed by atoms with Gasteiger partial charge in [0.2, 0.25) is 5.95 Å². The van der Waals surface area contributed by atoms with E-state index in [9.17, 15) is 0 Å². The van der Waals surface area contributed by atoms with Gasteiger partial charge in [0.05, 0.1) is 0 Å². The quantitative estimate of drug-likeness (QED) is 0.833. The molecule has 2 rings (SSSR count). The molecule has 1 aromatic heterocycles. The molecule has 0 radical (unpaired) electrons. The minimum absolute atomic E-state index is 0.511. The van der Waals surface area contributed by atoms with Crippen LogP contribution in [0, 0.1) is 0 Å². The van der Waals surface area contributed by atoms with Crippen molar-refractivity contribution in [1.82, 2.24) is 20.5 Å². The first-order valence-corrected chi connectivity index (χ1v) is 6.65. The summed E-state index contributed by atoms with van der Waals surface area (Å²) in [6, 6.07) is 0.513. The summed E-state index contributed by atoms with van der Waals surface area (Å²) >= 11 is 0. The number of nitrogens with zero attached hydrogens (tertiary/aromatic N) is 3. The Labute approximate surface area is 103 Å². The zero-order valence-electron chi connectivity index (χ0n) is 11.0. The van der Waals surface area contributed by atoms with E-state index in [0.29, 0.717) is 12.0 Å². The zero-order chi connectivity index (χ0) is 12.3. The number of H-pyrrole nitrogens is 1. The molecule has 1 aliphatic heterocycles. The molecule has 1 aliphatic rings. The highest BCUT2D eigenvalue weighted by atomic mass is 15.4. The summed E-state index contributed by atoms with van der Waals surface area (Å²) in [7, 11) is 0. The summed E-state index contributed by atoms with van der Waals surface area (Å²) in [4.78, 5) is 6.90. The summed E-state index contributed by atoms with van der Waals surface area (Å²) in [6.07, 6.45) is 2.23. The first-order chi connectivity index (χ1) is 8.24. The van der Waals surface area contributed by atoms with Crippen LogP contribution in [0.2, 0.25) is 0 Å². The third-order valence-electron chi connectivity index (χ3n) is 3.51. The minimum Gasteiger partial charge on any atom is -0.337 e. The second-order valence-electron chi connectivity index (χ2n) is 4.84. The van der Waals surface area contributed by atoms with Gasteiger partial charge >= 0.3 is 0 Å². The average molecular weight is 237 g/mol. The number of nitrogens with one attached hydrogen (secondary N) is 2. The summed E-state index contributed by atoms with van der Waals surface area (Å²) in [5, 5.41) is 10.9. The van der Waals surface area contributed by atoms with E-state index in [0.717, 1.165) is 44.2 Å². The molecule has 1 aromatic rings. The van der Waals surface area contributed by atoms with Gasteiger partial charge < -0.3 is 10.2 Å². The highest BCUT2D eigenvalue weighted by Gasteiger charge is 2.20. The zero-order valence-corrected chi connectivity index (χ0v) is 11.0. The summed E-state index contributed by atoms with van der Waals surface area (Å²) in [5.41, 5.74) is 0. The van der Waals surface area contributed by atoms with E-state index in [1.165, 1.54) is 0 Å². The Balaban J connectivity index is 2.06. The first kappa shape index (κ1) is 12.4. The van der Waals surface area contributed by atoms with Crippen LogP contribution in [0.1, 0.15) is 45.4 Å². The van der Waals surface area contributed by atoms with Crippen molar-refractivity contribution in [1.29, 1.82) is 0 Å². The molecule has 1 unspecified atom stereocenters. The van der Waals surface area contributed by atoms with Crippen molar-refractivity contribution in [3.8, 4) is 0 Å². The molecule has 0 bridgehead atoms. The SMILES string of the molecule is CCC(CC)c1nc(N2CCNC(C)C2)n[nH]1. The summed E-state index contributed by atoms with van der Waals surface area (Å²) in [5.74, 6) is 2.41. The molecule has 0 saturated carbocycles. The number of hydrogen-bond acceptors (Lipinski definition) is 4. The topological polar surface area (TPSA) is 56.8 Å². The highest BCUT2D eigenvalue weighted by molar-refractivity contribution is 5.30. The molecule has 5 nitrogen and oxygen atoms in total. The Morgan fingerprint density at radius 3 is 2.82 bits per heavy atom. The predicted octanol–water partition coefficient (Wildman–Crippen LogP) is 1.51. The van der Waals surface area contributed by atoms with Crippen LogP contribution in [0.5, 0.6) is 0 Å². The van der Waals surface area contributed by atoms with E-state index in [1.54, 1.807) is 0 Å². The fraction of sp³-hybridized carbons (Fsp3) is 0.833. The van der Waals surface area contributed by atoms with E-state index in [2.05, 4.69) is 46.2 Å². The van der Waals surface area contributed by atoms with Gasteiger partial charge in [-0.25, -0.2) is 0 Å². The second kappa shape index (κ2) is 5.49. The molecular weight excluding hydrogens is 214 g/mol. The van der Waals surface area contributed by atoms with Crippen molar-refractivity contribution < 1.29 is 0 Å². The number of aromatic nitrogens is 3. The smallest absolute Gasteiger partial charge is 0.244 e. The normalized spacial score (nSPS) is 21.2. The van der Waals surface area contributed by atoms with Crippen molar-refractivity contribution in [2.45, 2.75) is 45.6 Å². The number of hydrogen-bond donors (Lipinski definition) is 2. The Morgan fingerprint density at radius 2 is 2.18 bits per heavy atom. The van der Waals surface area contributed by atoms with Crippen molar-refractivity contribution in [3.05, 3.63) is 5.82 Å². The predicted molar refractivity (Wildman–Crippen MR) is 69.4 cm³/mol. The molecule has 17 heavy (non-hydrogen) atoms. The second-order valence-corrected chi connectivity index (χ2v) is 4.84. The van der Waals surface area contributed by atoms with Crippen molar-refractivity contribution in [3.63, 3.8) is 0 Å². The molecular formula is C12H23N5. The van der Waals surface area contributed by atoms with Gasteiger partial charge in [0, 0.05) is 31.6 Å². The molecule has 96 valence electrons. The summed E-state index contributed by atoms with van der Waals surface area (Å²) < 4.78 is 0. The van der Waals surface area contributed by atoms with Crippen molar-refractivity contribution in [2.24, 2.45) is 0 Å². The highest BCUT2D eigenvalue weighted by Crippen LogP contribution is 2.21. The van der Waals surface area contributed by atoms with E-state index < -0.39 is 0 Å². The first-order valence-electron chi connectivity index (χ1n) is 6.65. The van der Waals surface area contributed by atoms with Crippen molar-refractivity contribution in [2.75, 3.05) is 24.5 Å². The third-order valence-corrected chi connectivity index (χ3v) is 3.51. The van der Waals surface area contributed by atoms with Gasteiger partial charge in [-0.15, -0.1) is 5.10 Å². The maximum atomic E-state index is 4.64. The van der Waals surface area contributed by atoms with Gasteiger partial charge in [-0.05, 0) is 19.8 Å². The van der Waals surface area contributed by atoms with Gasteiger partial charge in [-0.1, -0.05) is 13.8 Å². The van der Waals surface area contributed by atoms with Crippen LogP contribution in [-0.2, 0) is 0 Å². The van der Waals surface area contributed by atoms with Crippen LogP contribution in [0.25, 0.3) is 0 Å². The molecule has 1 atom stereocenters. The molecule has 5 heteroatoms. The molecule has 1 fully saturated rings. The third kappa shape index (κ3) is 2.77. The standard InChI is InChI=1S/C12H23N5/c1-4-10(5-2)11-14-12(16-15-11)17-7-6-13-9(3)8-17/h9-10,13H,4-8H2,1-3H3,(H,14,15,16). The number of aromatic amines is 1. The minimum atomic E-state index is 0.511. The van der Waals surface area contributed by atoms with E-state index in [1.807, 2.05) is 0 Å². The monoisotopic (exact) mass is 237 g/mol. The Morgan fingerprint density at radius 1 is 1.41 bits per heavy atom. The largest absolute Gasteiger partial charge is 0.337 e. The van der Waals surface area contributed by atoms with Gasteiger partial charge in [0.1, 0.15) is 5.82 Å². The molecule has 0 spiro atoms. The van der Waals surface area contributed by atoms with E-state index in [4.69, 9.17) is 0 Å². The maximum Gasteiger partial charge on any atom is 0.244 e. The van der Waals surface area contributed by atoms with Crippen LogP contribution < -0.4 is 10.2 Å². The van der Waals surface area contributed by atoms with Crippen molar-refractivity contribution >= 4 is 5.95 Å². The van der Waals surface area contributed by atoms with Crippen LogP contribution >= 0.6 is 0 Å². The van der Waals surface area contributed by atoms with Gasteiger partial charge in [0.25, 0.3) is 0 Å². The molecule has 2 heterocycles. The fourth-order valence-electron chi connectivity index (χ4n) is 2.38. The van der Waals surface area contributed by atoms with Crippen LogP contribution in [0.4, 0.5) is 5.95 Å². The Bertz CT molecular complexity index is 344. The van der Waals surface area contributed by atoms with Crippen LogP contribution in [-0.4, -0.2) is 40.9 Å². The average Bonchev–Trinajstić information content (AvgIpc) is 2.80. The number of rotatable bonds is 4. The Kier molecular flexibility index (Phi) is 3.99. The van der Waals surface area contributed by atoms with E-state index in [-0.39, 0.29) is 0 Å². The molecule has 0 aliphatic carbocycles. The summed E-state index contributed by atoms with van der Waals surface area (Å²) in [6.45, 7) is 9.58. The van der Waals surface area contributed by atoms with Gasteiger partial charge in [-0.3, -0.25) is 5.10 Å². The lowest BCUT2D eigenvalue weighted by atomic mass is 10.0. The van der Waals surface area contributed by atoms with Gasteiger partial charge in [-0.2, -0.15) is 4.98 Å². The molecule has 1 saturated heterocycles. The number of piperazine rings is 1. The lowest BCUT2D eigenvalue weighted by Crippen LogP contribution is -2.49. The number of anilines is 1. The molecule has 2 N–H and O–H groups in total. The molecule has 0 aromatic carbocycles.